The first-order valence-electron chi connectivity index (χ1n) is 18.8. The molecule has 23 heteroatoms. The van der Waals surface area contributed by atoms with E-state index >= 15 is 0 Å². The van der Waals surface area contributed by atoms with E-state index in [1.165, 1.54) is 69.2 Å². The third-order valence-electron chi connectivity index (χ3n) is 8.39. The first-order valence-corrected chi connectivity index (χ1v) is 18.8. The minimum absolute atomic E-state index is 0.147. The van der Waals surface area contributed by atoms with E-state index in [1.807, 2.05) is 0 Å². The molecule has 0 aromatic rings. The minimum Gasteiger partial charge on any atom is -0.480 e. The van der Waals surface area contributed by atoms with Gasteiger partial charge in [-0.1, -0.05) is 0 Å². The number of carboxylic acid groups (broad SMARTS) is 1. The van der Waals surface area contributed by atoms with E-state index < -0.39 is 125 Å². The number of nitrogens with one attached hydrogen (secondary N) is 10. The Morgan fingerprint density at radius 3 is 0.776 bits per heavy atom. The number of carbonyl (C=O) groups excluding carboxylic acids is 10. The molecule has 58 heavy (non-hydrogen) atoms. The van der Waals surface area contributed by atoms with Crippen molar-refractivity contribution >= 4 is 65.0 Å². The number of hydrogen-bond acceptors (Lipinski definition) is 12. The van der Waals surface area contributed by atoms with Gasteiger partial charge in [0.15, 0.2) is 0 Å². The fourth-order valence-electron chi connectivity index (χ4n) is 4.65. The largest absolute Gasteiger partial charge is 0.480 e. The molecule has 0 heterocycles. The summed E-state index contributed by atoms with van der Waals surface area (Å²) in [5.74, 6) is -8.42. The van der Waals surface area contributed by atoms with Gasteiger partial charge in [0.05, 0.1) is 0 Å². The van der Waals surface area contributed by atoms with Crippen molar-refractivity contribution < 1.29 is 57.8 Å². The van der Waals surface area contributed by atoms with E-state index in [2.05, 4.69) is 53.2 Å². The van der Waals surface area contributed by atoms with Gasteiger partial charge in [-0.05, 0) is 88.1 Å². The lowest BCUT2D eigenvalue weighted by molar-refractivity contribution is -0.142. The summed E-state index contributed by atoms with van der Waals surface area (Å²) in [5.41, 5.74) is 5.42. The van der Waals surface area contributed by atoms with Crippen LogP contribution < -0.4 is 58.9 Å². The number of carboxylic acids is 1. The van der Waals surface area contributed by atoms with E-state index in [1.54, 1.807) is 0 Å². The summed E-state index contributed by atoms with van der Waals surface area (Å²) in [6, 6.07) is -11.4. The quantitative estimate of drug-likeness (QED) is 0.0408. The SMILES string of the molecule is CC(=O)N[C@@H](C)C(=O)N[C@@H](C)C(=O)N[C@@H](C)C(=O)N[C@@H](C)C(=O)N[C@@H](C)C(=O)N[C@@H](C)C(=O)N[C@@H](C)C(=O)N[C@@H](C)C(=O)N[C@@H](C)C(=O)N[C@@H](CCCCN)C(=O)O. The zero-order valence-corrected chi connectivity index (χ0v) is 34.6. The average molecular weight is 828 g/mol. The standard InChI is InChI=1S/C35H61N11O12/c1-15(37-24(10)47)26(48)38-16(2)27(49)39-17(3)28(50)40-18(4)29(51)41-19(5)30(52)42-20(6)31(53)43-21(7)32(54)44-22(8)33(55)45-23(9)34(56)46-25(35(57)58)13-11-12-14-36/h15-23,25H,11-14,36H2,1-10H3,(H,37,47)(H,38,48)(H,39,49)(H,40,50)(H,41,51)(H,42,52)(H,43,53)(H,44,54)(H,45,55)(H,46,56)(H,57,58)/t15-,16-,17-,18-,19-,20-,21-,22-,23-,25-/m0/s1. The molecular weight excluding hydrogens is 766 g/mol. The maximum absolute atomic E-state index is 12.8. The molecule has 0 aliphatic heterocycles. The Labute approximate surface area is 337 Å². The molecule has 0 aromatic carbocycles. The molecule has 0 unspecified atom stereocenters. The van der Waals surface area contributed by atoms with Crippen molar-refractivity contribution in [3.63, 3.8) is 0 Å². The van der Waals surface area contributed by atoms with Gasteiger partial charge in [-0.25, -0.2) is 4.79 Å². The van der Waals surface area contributed by atoms with Crippen molar-refractivity contribution in [2.45, 2.75) is 149 Å². The Balaban J connectivity index is 4.90. The lowest BCUT2D eigenvalue weighted by Crippen LogP contribution is -2.58. The van der Waals surface area contributed by atoms with Crippen LogP contribution in [0, 0.1) is 0 Å². The van der Waals surface area contributed by atoms with Crippen molar-refractivity contribution in [1.29, 1.82) is 0 Å². The van der Waals surface area contributed by atoms with Gasteiger partial charge in [0.1, 0.15) is 60.4 Å². The van der Waals surface area contributed by atoms with Gasteiger partial charge in [0.25, 0.3) is 0 Å². The molecular formula is C35H61N11O12. The van der Waals surface area contributed by atoms with E-state index in [0.717, 1.165) is 0 Å². The lowest BCUT2D eigenvalue weighted by Gasteiger charge is -2.23. The van der Waals surface area contributed by atoms with Crippen molar-refractivity contribution in [1.82, 2.24) is 53.2 Å². The summed E-state index contributed by atoms with van der Waals surface area (Å²) in [7, 11) is 0. The zero-order valence-electron chi connectivity index (χ0n) is 34.6. The van der Waals surface area contributed by atoms with Crippen molar-refractivity contribution in [2.75, 3.05) is 6.54 Å². The normalized spacial score (nSPS) is 15.9. The molecule has 0 spiro atoms. The highest BCUT2D eigenvalue weighted by molar-refractivity contribution is 5.98. The van der Waals surface area contributed by atoms with Crippen molar-refractivity contribution in [2.24, 2.45) is 5.73 Å². The Hall–Kier alpha value is -5.87. The molecule has 10 atom stereocenters. The van der Waals surface area contributed by atoms with Crippen LogP contribution in [0.1, 0.15) is 88.5 Å². The molecule has 13 N–H and O–H groups in total. The number of hydrogen-bond donors (Lipinski definition) is 12. The van der Waals surface area contributed by atoms with E-state index in [9.17, 15) is 57.8 Å². The van der Waals surface area contributed by atoms with Gasteiger partial charge in [0.2, 0.25) is 59.1 Å². The maximum atomic E-state index is 12.8. The van der Waals surface area contributed by atoms with Gasteiger partial charge in [-0.2, -0.15) is 0 Å². The minimum atomic E-state index is -1.24. The summed E-state index contributed by atoms with van der Waals surface area (Å²) in [6.07, 6.45) is 1.19. The molecule has 0 saturated carbocycles. The first kappa shape index (κ1) is 52.1. The average Bonchev–Trinajstić information content (AvgIpc) is 3.13. The van der Waals surface area contributed by atoms with Crippen LogP contribution in [0.5, 0.6) is 0 Å². The van der Waals surface area contributed by atoms with Crippen LogP contribution in [-0.4, -0.2) is 137 Å². The smallest absolute Gasteiger partial charge is 0.326 e. The van der Waals surface area contributed by atoms with Gasteiger partial charge < -0.3 is 64.0 Å². The topological polar surface area (TPSA) is 354 Å². The van der Waals surface area contributed by atoms with Crippen LogP contribution in [0.2, 0.25) is 0 Å². The number of carbonyl (C=O) groups is 11. The van der Waals surface area contributed by atoms with Gasteiger partial charge >= 0.3 is 5.97 Å². The number of nitrogens with two attached hydrogens (primary N) is 1. The maximum Gasteiger partial charge on any atom is 0.326 e. The van der Waals surface area contributed by atoms with Gasteiger partial charge in [0, 0.05) is 6.92 Å². The first-order chi connectivity index (χ1) is 26.8. The molecule has 0 bridgehead atoms. The second kappa shape index (κ2) is 25.4. The monoisotopic (exact) mass is 827 g/mol. The van der Waals surface area contributed by atoms with Crippen LogP contribution in [0.25, 0.3) is 0 Å². The highest BCUT2D eigenvalue weighted by Crippen LogP contribution is 2.02. The lowest BCUT2D eigenvalue weighted by atomic mass is 10.1. The molecule has 0 aromatic heterocycles. The van der Waals surface area contributed by atoms with E-state index in [4.69, 9.17) is 5.73 Å². The fourth-order valence-corrected chi connectivity index (χ4v) is 4.65. The molecule has 10 amide bonds. The third kappa shape index (κ3) is 19.3. The summed E-state index contributed by atoms with van der Waals surface area (Å²) in [4.78, 5) is 136. The number of rotatable bonds is 24. The van der Waals surface area contributed by atoms with E-state index in [0.29, 0.717) is 19.4 Å². The molecule has 0 rings (SSSR count). The number of unbranched alkanes of at least 4 members (excludes halogenated alkanes) is 1. The Morgan fingerprint density at radius 1 is 0.379 bits per heavy atom. The van der Waals surface area contributed by atoms with Crippen molar-refractivity contribution in [3.05, 3.63) is 0 Å². The molecule has 0 aliphatic rings. The van der Waals surface area contributed by atoms with Crippen LogP contribution in [0.4, 0.5) is 0 Å². The highest BCUT2D eigenvalue weighted by Gasteiger charge is 2.30. The highest BCUT2D eigenvalue weighted by atomic mass is 16.4. The summed E-state index contributed by atoms with van der Waals surface area (Å²) < 4.78 is 0. The number of aliphatic carboxylic acids is 1. The molecule has 0 aliphatic carbocycles. The third-order valence-corrected chi connectivity index (χ3v) is 8.39. The molecule has 0 saturated heterocycles. The number of amides is 10. The predicted octanol–water partition coefficient (Wildman–Crippen LogP) is -4.75. The predicted molar refractivity (Wildman–Crippen MR) is 207 cm³/mol. The van der Waals surface area contributed by atoms with Gasteiger partial charge in [-0.15, -0.1) is 0 Å². The molecule has 23 nitrogen and oxygen atoms in total. The van der Waals surface area contributed by atoms with Crippen LogP contribution in [0.3, 0.4) is 0 Å². The molecule has 328 valence electrons. The molecule has 0 fully saturated rings. The fraction of sp³-hybridized carbons (Fsp3) is 0.686. The zero-order chi connectivity index (χ0) is 45.0. The Bertz CT molecular complexity index is 1530. The van der Waals surface area contributed by atoms with Crippen molar-refractivity contribution in [3.8, 4) is 0 Å². The summed E-state index contributed by atoms with van der Waals surface area (Å²) in [5, 5.41) is 33.2. The second-order valence-corrected chi connectivity index (χ2v) is 13.9. The van der Waals surface area contributed by atoms with Crippen LogP contribution >= 0.6 is 0 Å². The molecule has 0 radical (unpaired) electrons. The Kier molecular flexibility index (Phi) is 22.8. The second-order valence-electron chi connectivity index (χ2n) is 13.9. The van der Waals surface area contributed by atoms with E-state index in [-0.39, 0.29) is 6.42 Å². The van der Waals surface area contributed by atoms with Crippen LogP contribution in [-0.2, 0) is 52.7 Å². The van der Waals surface area contributed by atoms with Crippen LogP contribution in [0.15, 0.2) is 0 Å². The van der Waals surface area contributed by atoms with Gasteiger partial charge in [-0.3, -0.25) is 47.9 Å². The summed E-state index contributed by atoms with van der Waals surface area (Å²) in [6.45, 7) is 13.7. The Morgan fingerprint density at radius 2 is 0.586 bits per heavy atom. The summed E-state index contributed by atoms with van der Waals surface area (Å²) >= 11 is 0.